The largest absolute Gasteiger partial charge is 0.464 e. The van der Waals surface area contributed by atoms with Gasteiger partial charge in [0.05, 0.1) is 6.04 Å². The van der Waals surface area contributed by atoms with Gasteiger partial charge in [-0.25, -0.2) is 4.79 Å². The van der Waals surface area contributed by atoms with Crippen molar-refractivity contribution in [3.63, 3.8) is 0 Å². The number of likely N-dealkylation sites (tertiary alicyclic amines) is 1. The highest BCUT2D eigenvalue weighted by molar-refractivity contribution is 5.80. The number of nitrogens with one attached hydrogen (secondary N) is 2. The predicted molar refractivity (Wildman–Crippen MR) is 112 cm³/mol. The molecule has 0 radical (unpaired) electrons. The van der Waals surface area contributed by atoms with Crippen LogP contribution in [0.1, 0.15) is 64.5 Å². The van der Waals surface area contributed by atoms with E-state index in [0.29, 0.717) is 5.92 Å². The van der Waals surface area contributed by atoms with Gasteiger partial charge in [0.1, 0.15) is 17.1 Å². The maximum absolute atomic E-state index is 12.3. The van der Waals surface area contributed by atoms with Gasteiger partial charge in [-0.15, -0.1) is 0 Å². The van der Waals surface area contributed by atoms with Crippen LogP contribution in [0.3, 0.4) is 0 Å². The van der Waals surface area contributed by atoms with Crippen molar-refractivity contribution in [3.05, 3.63) is 23.7 Å². The second kappa shape index (κ2) is 9.85. The fraction of sp³-hybridized carbons (Fsp3) is 0.714. The highest BCUT2D eigenvalue weighted by atomic mass is 16.6. The van der Waals surface area contributed by atoms with Crippen LogP contribution in [0, 0.1) is 12.8 Å². The van der Waals surface area contributed by atoms with Gasteiger partial charge in [0, 0.05) is 26.7 Å². The molecular weight excluding hydrogens is 356 g/mol. The average Bonchev–Trinajstić information content (AvgIpc) is 3.06. The standard InChI is InChI=1S/C21H36N4O3/c1-15-9-10-18(27-15)16(2)24-19(22-6)23-12-11-17-8-7-13-25(14-17)20(26)28-21(3,4)5/h9-10,16-17H,7-8,11-14H2,1-6H3,(H2,22,23,24). The van der Waals surface area contributed by atoms with Crippen LogP contribution in [0.2, 0.25) is 0 Å². The number of ether oxygens (including phenoxy) is 1. The van der Waals surface area contributed by atoms with E-state index in [1.165, 1.54) is 0 Å². The molecule has 1 amide bonds. The molecule has 1 aromatic heterocycles. The Kier molecular flexibility index (Phi) is 7.78. The van der Waals surface area contributed by atoms with Crippen LogP contribution in [0.25, 0.3) is 0 Å². The normalized spacial score (nSPS) is 19.3. The summed E-state index contributed by atoms with van der Waals surface area (Å²) in [5, 5.41) is 6.72. The molecule has 0 aromatic carbocycles. The number of piperidine rings is 1. The summed E-state index contributed by atoms with van der Waals surface area (Å²) >= 11 is 0. The van der Waals surface area contributed by atoms with Gasteiger partial charge >= 0.3 is 6.09 Å². The SMILES string of the molecule is CN=C(NCCC1CCCN(C(=O)OC(C)(C)C)C1)NC(C)c1ccc(C)o1. The van der Waals surface area contributed by atoms with Crippen LogP contribution in [-0.2, 0) is 4.74 Å². The number of aryl methyl sites for hydroxylation is 1. The van der Waals surface area contributed by atoms with Gasteiger partial charge in [0.15, 0.2) is 5.96 Å². The zero-order valence-electron chi connectivity index (χ0n) is 18.2. The summed E-state index contributed by atoms with van der Waals surface area (Å²) in [5.74, 6) is 3.01. The van der Waals surface area contributed by atoms with Crippen LogP contribution in [0.5, 0.6) is 0 Å². The number of amides is 1. The monoisotopic (exact) mass is 392 g/mol. The number of hydrogen-bond acceptors (Lipinski definition) is 4. The molecule has 2 heterocycles. The molecule has 7 nitrogen and oxygen atoms in total. The summed E-state index contributed by atoms with van der Waals surface area (Å²) in [4.78, 5) is 18.4. The highest BCUT2D eigenvalue weighted by Crippen LogP contribution is 2.21. The van der Waals surface area contributed by atoms with Crippen molar-refractivity contribution in [3.8, 4) is 0 Å². The lowest BCUT2D eigenvalue weighted by Gasteiger charge is -2.34. The summed E-state index contributed by atoms with van der Waals surface area (Å²) in [5.41, 5.74) is -0.451. The first kappa shape index (κ1) is 22.1. The Bertz CT molecular complexity index is 663. The van der Waals surface area contributed by atoms with Crippen LogP contribution < -0.4 is 10.6 Å². The summed E-state index contributed by atoms with van der Waals surface area (Å²) in [6.07, 6.45) is 2.93. The van der Waals surface area contributed by atoms with Crippen molar-refractivity contribution in [2.24, 2.45) is 10.9 Å². The number of carbonyl (C=O) groups is 1. The summed E-state index contributed by atoms with van der Waals surface area (Å²) in [6.45, 7) is 12.0. The Morgan fingerprint density at radius 3 is 2.79 bits per heavy atom. The average molecular weight is 393 g/mol. The first-order valence-corrected chi connectivity index (χ1v) is 10.2. The number of carbonyl (C=O) groups excluding carboxylic acids is 1. The lowest BCUT2D eigenvalue weighted by atomic mass is 9.95. The minimum absolute atomic E-state index is 0.0391. The minimum Gasteiger partial charge on any atom is -0.464 e. The third-order valence-electron chi connectivity index (χ3n) is 4.78. The van der Waals surface area contributed by atoms with Crippen LogP contribution in [0.4, 0.5) is 4.79 Å². The van der Waals surface area contributed by atoms with Gasteiger partial charge in [-0.1, -0.05) is 0 Å². The van der Waals surface area contributed by atoms with Crippen molar-refractivity contribution in [1.29, 1.82) is 0 Å². The quantitative estimate of drug-likeness (QED) is 0.588. The van der Waals surface area contributed by atoms with Gasteiger partial charge in [-0.05, 0) is 71.9 Å². The maximum Gasteiger partial charge on any atom is 0.410 e. The second-order valence-electron chi connectivity index (χ2n) is 8.54. The molecule has 0 aliphatic carbocycles. The topological polar surface area (TPSA) is 79.1 Å². The van der Waals surface area contributed by atoms with E-state index in [2.05, 4.69) is 15.6 Å². The molecule has 2 N–H and O–H groups in total. The summed E-state index contributed by atoms with van der Waals surface area (Å²) in [6, 6.07) is 3.98. The Morgan fingerprint density at radius 2 is 2.18 bits per heavy atom. The van der Waals surface area contributed by atoms with Crippen LogP contribution in [0.15, 0.2) is 21.5 Å². The van der Waals surface area contributed by atoms with E-state index in [9.17, 15) is 4.79 Å². The van der Waals surface area contributed by atoms with Crippen LogP contribution >= 0.6 is 0 Å². The number of nitrogens with zero attached hydrogens (tertiary/aromatic N) is 2. The summed E-state index contributed by atoms with van der Waals surface area (Å²) in [7, 11) is 1.76. The van der Waals surface area contributed by atoms with Gasteiger partial charge in [-0.3, -0.25) is 4.99 Å². The third kappa shape index (κ3) is 7.09. The molecule has 0 saturated carbocycles. The Hall–Kier alpha value is -2.18. The Balaban J connectivity index is 1.75. The molecule has 1 aliphatic heterocycles. The maximum atomic E-state index is 12.3. The molecular formula is C21H36N4O3. The van der Waals surface area contributed by atoms with Crippen LogP contribution in [-0.4, -0.2) is 49.2 Å². The molecule has 1 aromatic rings. The molecule has 0 bridgehead atoms. The molecule has 1 fully saturated rings. The fourth-order valence-electron chi connectivity index (χ4n) is 3.34. The molecule has 0 spiro atoms. The van der Waals surface area contributed by atoms with E-state index in [4.69, 9.17) is 9.15 Å². The van der Waals surface area contributed by atoms with Crippen molar-refractivity contribution >= 4 is 12.1 Å². The number of rotatable bonds is 5. The van der Waals surface area contributed by atoms with E-state index < -0.39 is 5.60 Å². The Labute approximate surface area is 168 Å². The lowest BCUT2D eigenvalue weighted by molar-refractivity contribution is 0.0162. The predicted octanol–water partition coefficient (Wildman–Crippen LogP) is 3.85. The number of guanidine groups is 1. The van der Waals surface area contributed by atoms with Crippen molar-refractivity contribution < 1.29 is 13.9 Å². The van der Waals surface area contributed by atoms with Crippen molar-refractivity contribution in [2.75, 3.05) is 26.7 Å². The first-order chi connectivity index (χ1) is 13.2. The zero-order chi connectivity index (χ0) is 20.7. The van der Waals surface area contributed by atoms with Crippen molar-refractivity contribution in [1.82, 2.24) is 15.5 Å². The Morgan fingerprint density at radius 1 is 1.43 bits per heavy atom. The molecule has 158 valence electrons. The zero-order valence-corrected chi connectivity index (χ0v) is 18.2. The van der Waals surface area contributed by atoms with E-state index in [-0.39, 0.29) is 12.1 Å². The van der Waals surface area contributed by atoms with Gasteiger partial charge in [0.25, 0.3) is 0 Å². The first-order valence-electron chi connectivity index (χ1n) is 10.2. The molecule has 2 unspecified atom stereocenters. The van der Waals surface area contributed by atoms with E-state index >= 15 is 0 Å². The molecule has 1 saturated heterocycles. The van der Waals surface area contributed by atoms with E-state index in [1.807, 2.05) is 51.7 Å². The molecule has 2 rings (SSSR count). The number of furan rings is 1. The van der Waals surface area contributed by atoms with E-state index in [1.54, 1.807) is 7.05 Å². The van der Waals surface area contributed by atoms with E-state index in [0.717, 1.165) is 56.4 Å². The van der Waals surface area contributed by atoms with Gasteiger partial charge in [0.2, 0.25) is 0 Å². The van der Waals surface area contributed by atoms with Gasteiger partial charge in [-0.2, -0.15) is 0 Å². The summed E-state index contributed by atoms with van der Waals surface area (Å²) < 4.78 is 11.2. The van der Waals surface area contributed by atoms with Gasteiger partial charge < -0.3 is 24.7 Å². The lowest BCUT2D eigenvalue weighted by Crippen LogP contribution is -2.44. The third-order valence-corrected chi connectivity index (χ3v) is 4.78. The smallest absolute Gasteiger partial charge is 0.410 e. The molecule has 7 heteroatoms. The number of aliphatic imine (C=N–C) groups is 1. The minimum atomic E-state index is -0.451. The molecule has 1 aliphatic rings. The fourth-order valence-corrected chi connectivity index (χ4v) is 3.34. The highest BCUT2D eigenvalue weighted by Gasteiger charge is 2.27. The second-order valence-corrected chi connectivity index (χ2v) is 8.54. The number of hydrogen-bond donors (Lipinski definition) is 2. The molecule has 28 heavy (non-hydrogen) atoms. The van der Waals surface area contributed by atoms with Crippen molar-refractivity contribution in [2.45, 2.75) is 65.5 Å². The molecule has 2 atom stereocenters.